The van der Waals surface area contributed by atoms with Gasteiger partial charge in [-0.15, -0.1) is 0 Å². The fourth-order valence-corrected chi connectivity index (χ4v) is 2.82. The van der Waals surface area contributed by atoms with Gasteiger partial charge in [0.25, 0.3) is 0 Å². The van der Waals surface area contributed by atoms with Crippen LogP contribution in [0.15, 0.2) is 47.1 Å². The maximum atomic E-state index is 4.47. The van der Waals surface area contributed by atoms with E-state index < -0.39 is 0 Å². The van der Waals surface area contributed by atoms with E-state index in [1.54, 1.807) is 0 Å². The Bertz CT molecular complexity index is 588. The Morgan fingerprint density at radius 3 is 2.33 bits per heavy atom. The number of nitrogens with one attached hydrogen (secondary N) is 1. The summed E-state index contributed by atoms with van der Waals surface area (Å²) in [5.74, 6) is 0. The van der Waals surface area contributed by atoms with Crippen LogP contribution in [0.4, 0.5) is 5.69 Å². The van der Waals surface area contributed by atoms with Crippen LogP contribution in [0.2, 0.25) is 0 Å². The van der Waals surface area contributed by atoms with Crippen LogP contribution in [0.25, 0.3) is 0 Å². The molecule has 1 aromatic carbocycles. The first-order valence-corrected chi connectivity index (χ1v) is 8.09. The maximum Gasteiger partial charge on any atom is 0.106 e. The van der Waals surface area contributed by atoms with Crippen LogP contribution in [0.3, 0.4) is 0 Å². The number of anilines is 1. The number of pyridine rings is 1. The molecule has 0 radical (unpaired) electrons. The number of hydrogen-bond acceptors (Lipinski definition) is 2. The molecule has 0 aliphatic rings. The summed E-state index contributed by atoms with van der Waals surface area (Å²) in [7, 11) is 0. The topological polar surface area (TPSA) is 24.9 Å². The zero-order chi connectivity index (χ0) is 15.5. The van der Waals surface area contributed by atoms with Crippen LogP contribution in [0, 0.1) is 12.3 Å². The molecule has 2 aromatic rings. The largest absolute Gasteiger partial charge is 0.377 e. The highest BCUT2D eigenvalue weighted by Gasteiger charge is 2.20. The molecular weight excluding hydrogens is 324 g/mol. The molecule has 0 saturated carbocycles. The fourth-order valence-electron chi connectivity index (χ4n) is 2.42. The first-order valence-electron chi connectivity index (χ1n) is 7.30. The zero-order valence-corrected chi connectivity index (χ0v) is 14.7. The molecule has 3 heteroatoms. The number of aryl methyl sites for hydroxylation is 1. The smallest absolute Gasteiger partial charge is 0.106 e. The van der Waals surface area contributed by atoms with Gasteiger partial charge in [0, 0.05) is 0 Å². The lowest BCUT2D eigenvalue weighted by molar-refractivity contribution is 0.352. The van der Waals surface area contributed by atoms with Crippen molar-refractivity contribution < 1.29 is 0 Å². The summed E-state index contributed by atoms with van der Waals surface area (Å²) in [5.41, 5.74) is 3.68. The van der Waals surface area contributed by atoms with Gasteiger partial charge in [0.1, 0.15) is 4.60 Å². The average Bonchev–Trinajstić information content (AvgIpc) is 2.40. The van der Waals surface area contributed by atoms with Crippen molar-refractivity contribution in [1.29, 1.82) is 0 Å². The van der Waals surface area contributed by atoms with Crippen LogP contribution in [-0.4, -0.2) is 4.98 Å². The molecule has 0 aliphatic heterocycles. The minimum Gasteiger partial charge on any atom is -0.377 e. The Balaban J connectivity index is 2.28. The first-order chi connectivity index (χ1) is 9.85. The van der Waals surface area contributed by atoms with Crippen molar-refractivity contribution in [2.24, 2.45) is 5.41 Å². The molecular formula is C18H23BrN2. The highest BCUT2D eigenvalue weighted by atomic mass is 79.9. The van der Waals surface area contributed by atoms with Gasteiger partial charge in [-0.05, 0) is 52.4 Å². The van der Waals surface area contributed by atoms with E-state index in [-0.39, 0.29) is 11.5 Å². The molecule has 112 valence electrons. The molecule has 0 saturated heterocycles. The molecule has 2 nitrogen and oxygen atoms in total. The fraction of sp³-hybridized carbons (Fsp3) is 0.389. The van der Waals surface area contributed by atoms with Crippen LogP contribution in [-0.2, 0) is 0 Å². The van der Waals surface area contributed by atoms with E-state index in [4.69, 9.17) is 0 Å². The standard InChI is InChI=1S/C18H23BrN2/c1-13-15(10-11-17(19)20-13)21-16(12-18(2,3)4)14-8-6-5-7-9-14/h5-11,16,21H,12H2,1-4H3. The summed E-state index contributed by atoms with van der Waals surface area (Å²) in [5, 5.41) is 3.66. The van der Waals surface area contributed by atoms with Gasteiger partial charge in [-0.1, -0.05) is 51.1 Å². The lowest BCUT2D eigenvalue weighted by Gasteiger charge is -2.28. The minimum atomic E-state index is 0.254. The van der Waals surface area contributed by atoms with Crippen LogP contribution < -0.4 is 5.32 Å². The second-order valence-electron chi connectivity index (χ2n) is 6.64. The number of nitrogens with zero attached hydrogens (tertiary/aromatic N) is 1. The Morgan fingerprint density at radius 2 is 1.76 bits per heavy atom. The molecule has 2 rings (SSSR count). The van der Waals surface area contributed by atoms with Crippen LogP contribution in [0.5, 0.6) is 0 Å². The highest BCUT2D eigenvalue weighted by molar-refractivity contribution is 9.10. The van der Waals surface area contributed by atoms with Gasteiger partial charge < -0.3 is 5.32 Å². The summed E-state index contributed by atoms with van der Waals surface area (Å²) >= 11 is 3.42. The first kappa shape index (κ1) is 16.0. The van der Waals surface area contributed by atoms with Gasteiger partial charge in [0.05, 0.1) is 17.4 Å². The van der Waals surface area contributed by atoms with Crippen molar-refractivity contribution in [1.82, 2.24) is 4.98 Å². The summed E-state index contributed by atoms with van der Waals surface area (Å²) in [6, 6.07) is 15.0. The van der Waals surface area contributed by atoms with Crippen molar-refractivity contribution in [2.75, 3.05) is 5.32 Å². The summed E-state index contributed by atoms with van der Waals surface area (Å²) < 4.78 is 0.873. The van der Waals surface area contributed by atoms with E-state index in [9.17, 15) is 0 Å². The Labute approximate surface area is 136 Å². The molecule has 1 N–H and O–H groups in total. The van der Waals surface area contributed by atoms with E-state index in [1.165, 1.54) is 5.56 Å². The Morgan fingerprint density at radius 1 is 1.10 bits per heavy atom. The molecule has 1 aromatic heterocycles. The normalized spacial score (nSPS) is 13.0. The number of rotatable bonds is 4. The monoisotopic (exact) mass is 346 g/mol. The van der Waals surface area contributed by atoms with Crippen LogP contribution >= 0.6 is 15.9 Å². The lowest BCUT2D eigenvalue weighted by Crippen LogP contribution is -2.19. The molecule has 0 aliphatic carbocycles. The van der Waals surface area contributed by atoms with E-state index in [1.807, 2.05) is 13.0 Å². The zero-order valence-electron chi connectivity index (χ0n) is 13.2. The third-order valence-electron chi connectivity index (χ3n) is 3.40. The maximum absolute atomic E-state index is 4.47. The summed E-state index contributed by atoms with van der Waals surface area (Å²) in [4.78, 5) is 4.47. The second kappa shape index (κ2) is 6.61. The van der Waals surface area contributed by atoms with Gasteiger partial charge in [0.15, 0.2) is 0 Å². The van der Waals surface area contributed by atoms with Crippen LogP contribution in [0.1, 0.15) is 44.5 Å². The Kier molecular flexibility index (Phi) is 5.04. The second-order valence-corrected chi connectivity index (χ2v) is 7.45. The van der Waals surface area contributed by atoms with Gasteiger partial charge in [-0.25, -0.2) is 4.98 Å². The number of hydrogen-bond donors (Lipinski definition) is 1. The van der Waals surface area contributed by atoms with Crippen molar-refractivity contribution in [2.45, 2.75) is 40.2 Å². The van der Waals surface area contributed by atoms with E-state index in [0.29, 0.717) is 0 Å². The SMILES string of the molecule is Cc1nc(Br)ccc1NC(CC(C)(C)C)c1ccccc1. The van der Waals surface area contributed by atoms with Gasteiger partial charge >= 0.3 is 0 Å². The predicted molar refractivity (Wildman–Crippen MR) is 93.6 cm³/mol. The van der Waals surface area contributed by atoms with Gasteiger partial charge in [-0.2, -0.15) is 0 Å². The molecule has 0 fully saturated rings. The number of benzene rings is 1. The number of halogens is 1. The van der Waals surface area contributed by atoms with Crippen molar-refractivity contribution in [3.8, 4) is 0 Å². The third kappa shape index (κ3) is 4.85. The molecule has 0 spiro atoms. The van der Waals surface area contributed by atoms with E-state index in [2.05, 4.69) is 83.4 Å². The van der Waals surface area contributed by atoms with E-state index in [0.717, 1.165) is 22.4 Å². The number of aromatic nitrogens is 1. The summed E-state index contributed by atoms with van der Waals surface area (Å²) in [6.07, 6.45) is 1.06. The van der Waals surface area contributed by atoms with Gasteiger partial charge in [0.2, 0.25) is 0 Å². The minimum absolute atomic E-state index is 0.254. The molecule has 21 heavy (non-hydrogen) atoms. The third-order valence-corrected chi connectivity index (χ3v) is 3.84. The molecule has 1 heterocycles. The van der Waals surface area contributed by atoms with E-state index >= 15 is 0 Å². The molecule has 1 atom stereocenters. The summed E-state index contributed by atoms with van der Waals surface area (Å²) in [6.45, 7) is 8.86. The molecule has 0 amide bonds. The molecule has 1 unspecified atom stereocenters. The quantitative estimate of drug-likeness (QED) is 0.713. The Hall–Kier alpha value is -1.35. The highest BCUT2D eigenvalue weighted by Crippen LogP contribution is 2.32. The van der Waals surface area contributed by atoms with Crippen molar-refractivity contribution >= 4 is 21.6 Å². The lowest BCUT2D eigenvalue weighted by atomic mass is 9.85. The predicted octanol–water partition coefficient (Wildman–Crippen LogP) is 5.74. The van der Waals surface area contributed by atoms with Crippen molar-refractivity contribution in [3.05, 3.63) is 58.3 Å². The average molecular weight is 347 g/mol. The van der Waals surface area contributed by atoms with Gasteiger partial charge in [-0.3, -0.25) is 0 Å². The van der Waals surface area contributed by atoms with Crippen molar-refractivity contribution in [3.63, 3.8) is 0 Å². The molecule has 0 bridgehead atoms.